The molecule has 4 nitrogen and oxygen atoms in total. The van der Waals surface area contributed by atoms with E-state index in [1.807, 2.05) is 13.3 Å². The Bertz CT molecular complexity index is 1150. The maximum atomic E-state index is 6.83. The van der Waals surface area contributed by atoms with Crippen LogP contribution in [0.15, 0.2) is 104 Å². The average Bonchev–Trinajstić information content (AvgIpc) is 3.34. The van der Waals surface area contributed by atoms with Gasteiger partial charge in [0, 0.05) is 12.2 Å². The van der Waals surface area contributed by atoms with E-state index in [2.05, 4.69) is 136 Å². The Hall–Kier alpha value is -2.99. The molecule has 0 aliphatic heterocycles. The van der Waals surface area contributed by atoms with E-state index in [9.17, 15) is 0 Å². The first kappa shape index (κ1) is 26.1. The van der Waals surface area contributed by atoms with E-state index in [1.165, 1.54) is 0 Å². The third kappa shape index (κ3) is 4.83. The zero-order chi connectivity index (χ0) is 26.0. The van der Waals surface area contributed by atoms with Gasteiger partial charge in [-0.25, -0.2) is 4.98 Å². The largest absolute Gasteiger partial charge is 0.407 e. The first-order valence-electron chi connectivity index (χ1n) is 12.7. The molecule has 4 aromatic rings. The lowest BCUT2D eigenvalue weighted by atomic mass is 9.77. The molecule has 0 spiro atoms. The molecular formula is C31H39N3OSi. The van der Waals surface area contributed by atoms with E-state index in [4.69, 9.17) is 15.1 Å². The highest BCUT2D eigenvalue weighted by atomic mass is 28.4. The Balaban J connectivity index is 1.93. The van der Waals surface area contributed by atoms with Crippen molar-refractivity contribution in [3.63, 3.8) is 0 Å². The molecule has 36 heavy (non-hydrogen) atoms. The lowest BCUT2D eigenvalue weighted by Gasteiger charge is -2.40. The fourth-order valence-electron chi connectivity index (χ4n) is 4.58. The van der Waals surface area contributed by atoms with Crippen molar-refractivity contribution in [1.82, 2.24) is 9.55 Å². The normalized spacial score (nSPS) is 14.4. The molecule has 0 saturated carbocycles. The second-order valence-corrected chi connectivity index (χ2v) is 15.9. The number of nitrogens with zero attached hydrogens (tertiary/aromatic N) is 2. The summed E-state index contributed by atoms with van der Waals surface area (Å²) in [5.74, 6) is 0. The van der Waals surface area contributed by atoms with Crippen LogP contribution in [-0.2, 0) is 9.96 Å². The third-order valence-corrected chi connectivity index (χ3v) is 12.0. The standard InChI is InChI=1S/C31H39N3OSi/c1-24(32)29(35-36(5,6)30(2,3)4)28-22-34(23-33-28)31(25-16-10-7-11-17-25,26-18-12-8-13-19-26)27-20-14-9-15-21-27/h7-24,29H,32H2,1-6H3. The number of benzene rings is 3. The SMILES string of the molecule is CC(N)C(O[Si](C)(C)C(C)(C)C)c1cn(C(c2ccccc2)(c2ccccc2)c2ccccc2)cn1. The lowest BCUT2D eigenvalue weighted by Crippen LogP contribution is -2.45. The number of rotatable bonds is 8. The van der Waals surface area contributed by atoms with Gasteiger partial charge in [0.2, 0.25) is 0 Å². The molecule has 2 atom stereocenters. The topological polar surface area (TPSA) is 53.1 Å². The molecule has 0 amide bonds. The van der Waals surface area contributed by atoms with Gasteiger partial charge in [0.15, 0.2) is 8.32 Å². The minimum absolute atomic E-state index is 0.0740. The summed E-state index contributed by atoms with van der Waals surface area (Å²) in [5, 5.41) is 0.0740. The van der Waals surface area contributed by atoms with Crippen molar-refractivity contribution in [2.75, 3.05) is 0 Å². The molecule has 5 heteroatoms. The average molecular weight is 498 g/mol. The quantitative estimate of drug-likeness (QED) is 0.208. The maximum absolute atomic E-state index is 6.83. The number of aromatic nitrogens is 2. The van der Waals surface area contributed by atoms with Crippen molar-refractivity contribution in [3.05, 3.63) is 126 Å². The second-order valence-electron chi connectivity index (χ2n) is 11.2. The van der Waals surface area contributed by atoms with E-state index in [1.54, 1.807) is 0 Å². The van der Waals surface area contributed by atoms with Gasteiger partial charge in [0.05, 0.1) is 12.0 Å². The summed E-state index contributed by atoms with van der Waals surface area (Å²) >= 11 is 0. The van der Waals surface area contributed by atoms with Crippen LogP contribution in [0.1, 0.15) is 56.2 Å². The first-order valence-corrected chi connectivity index (χ1v) is 15.6. The van der Waals surface area contributed by atoms with Crippen molar-refractivity contribution in [3.8, 4) is 0 Å². The molecule has 1 aromatic heterocycles. The van der Waals surface area contributed by atoms with Crippen LogP contribution in [0.3, 0.4) is 0 Å². The zero-order valence-electron chi connectivity index (χ0n) is 22.3. The smallest absolute Gasteiger partial charge is 0.193 e. The van der Waals surface area contributed by atoms with E-state index >= 15 is 0 Å². The molecule has 0 bridgehead atoms. The first-order chi connectivity index (χ1) is 17.1. The van der Waals surface area contributed by atoms with Crippen LogP contribution < -0.4 is 5.73 Å². The lowest BCUT2D eigenvalue weighted by molar-refractivity contribution is 0.156. The van der Waals surface area contributed by atoms with Gasteiger partial charge in [-0.15, -0.1) is 0 Å². The highest BCUT2D eigenvalue weighted by molar-refractivity contribution is 6.74. The summed E-state index contributed by atoms with van der Waals surface area (Å²) in [6.45, 7) is 13.3. The number of imidazole rings is 1. The van der Waals surface area contributed by atoms with Crippen molar-refractivity contribution in [2.24, 2.45) is 5.73 Å². The highest BCUT2D eigenvalue weighted by Gasteiger charge is 2.42. The molecular weight excluding hydrogens is 458 g/mol. The Kier molecular flexibility index (Phi) is 7.37. The molecule has 3 aromatic carbocycles. The summed E-state index contributed by atoms with van der Waals surface area (Å²) < 4.78 is 9.06. The minimum Gasteiger partial charge on any atom is -0.407 e. The summed E-state index contributed by atoms with van der Waals surface area (Å²) in [6, 6.07) is 31.7. The Morgan fingerprint density at radius 1 is 0.778 bits per heavy atom. The predicted molar refractivity (Wildman–Crippen MR) is 152 cm³/mol. The van der Waals surface area contributed by atoms with Crippen LogP contribution >= 0.6 is 0 Å². The second kappa shape index (κ2) is 10.2. The number of hydrogen-bond donors (Lipinski definition) is 1. The van der Waals surface area contributed by atoms with Gasteiger partial charge in [-0.1, -0.05) is 112 Å². The zero-order valence-corrected chi connectivity index (χ0v) is 23.3. The Labute approximate surface area is 217 Å². The van der Waals surface area contributed by atoms with E-state index in [0.29, 0.717) is 0 Å². The molecule has 2 unspecified atom stereocenters. The van der Waals surface area contributed by atoms with Crippen LogP contribution in [0.2, 0.25) is 18.1 Å². The van der Waals surface area contributed by atoms with Gasteiger partial charge >= 0.3 is 0 Å². The van der Waals surface area contributed by atoms with Gasteiger partial charge in [0.25, 0.3) is 0 Å². The predicted octanol–water partition coefficient (Wildman–Crippen LogP) is 7.13. The van der Waals surface area contributed by atoms with Gasteiger partial charge in [-0.3, -0.25) is 0 Å². The summed E-state index contributed by atoms with van der Waals surface area (Å²) in [6.07, 6.45) is 3.79. The van der Waals surface area contributed by atoms with Crippen LogP contribution in [0.5, 0.6) is 0 Å². The fraction of sp³-hybridized carbons (Fsp3) is 0.323. The van der Waals surface area contributed by atoms with E-state index in [-0.39, 0.29) is 17.2 Å². The molecule has 188 valence electrons. The van der Waals surface area contributed by atoms with Crippen molar-refractivity contribution in [2.45, 2.75) is 63.5 Å². The van der Waals surface area contributed by atoms with Crippen molar-refractivity contribution >= 4 is 8.32 Å². The molecule has 0 aliphatic carbocycles. The number of nitrogens with two attached hydrogens (primary N) is 1. The van der Waals surface area contributed by atoms with Crippen molar-refractivity contribution in [1.29, 1.82) is 0 Å². The van der Waals surface area contributed by atoms with Crippen LogP contribution in [-0.4, -0.2) is 23.9 Å². The van der Waals surface area contributed by atoms with Crippen LogP contribution in [0, 0.1) is 0 Å². The summed E-state index contributed by atoms with van der Waals surface area (Å²) in [5.41, 5.74) is 10.3. The van der Waals surface area contributed by atoms with Gasteiger partial charge in [0.1, 0.15) is 11.6 Å². The Morgan fingerprint density at radius 3 is 1.56 bits per heavy atom. The molecule has 4 rings (SSSR count). The summed E-state index contributed by atoms with van der Waals surface area (Å²) in [7, 11) is -2.07. The molecule has 1 heterocycles. The highest BCUT2D eigenvalue weighted by Crippen LogP contribution is 2.43. The maximum Gasteiger partial charge on any atom is 0.193 e. The van der Waals surface area contributed by atoms with Gasteiger partial charge in [-0.2, -0.15) is 0 Å². The fourth-order valence-corrected chi connectivity index (χ4v) is 5.91. The third-order valence-electron chi connectivity index (χ3n) is 7.56. The van der Waals surface area contributed by atoms with Crippen molar-refractivity contribution < 1.29 is 4.43 Å². The van der Waals surface area contributed by atoms with Gasteiger partial charge < -0.3 is 14.7 Å². The Morgan fingerprint density at radius 2 is 1.19 bits per heavy atom. The van der Waals surface area contributed by atoms with Gasteiger partial charge in [-0.05, 0) is 41.7 Å². The number of hydrogen-bond acceptors (Lipinski definition) is 3. The molecule has 0 fully saturated rings. The van der Waals surface area contributed by atoms with E-state index < -0.39 is 13.9 Å². The van der Waals surface area contributed by atoms with Crippen LogP contribution in [0.4, 0.5) is 0 Å². The minimum atomic E-state index is -2.07. The van der Waals surface area contributed by atoms with Crippen LogP contribution in [0.25, 0.3) is 0 Å². The molecule has 0 saturated heterocycles. The molecule has 2 N–H and O–H groups in total. The molecule has 0 aliphatic rings. The monoisotopic (exact) mass is 497 g/mol. The summed E-state index contributed by atoms with van der Waals surface area (Å²) in [4.78, 5) is 4.93. The molecule has 0 radical (unpaired) electrons. The van der Waals surface area contributed by atoms with E-state index in [0.717, 1.165) is 22.4 Å².